The van der Waals surface area contributed by atoms with Crippen molar-refractivity contribution in [3.05, 3.63) is 88.2 Å². The number of aromatic nitrogens is 2. The quantitative estimate of drug-likeness (QED) is 0.302. The first kappa shape index (κ1) is 32.8. The molecule has 13 heteroatoms. The normalized spacial score (nSPS) is 19.2. The second kappa shape index (κ2) is 11.5. The second-order valence-corrected chi connectivity index (χ2v) is 12.6. The Hall–Kier alpha value is -5.17. The molecule has 0 bridgehead atoms. The molecule has 2 unspecified atom stereocenters. The van der Waals surface area contributed by atoms with Gasteiger partial charge in [0.15, 0.2) is 11.4 Å². The monoisotopic (exact) mass is 661 g/mol. The molecule has 2 amide bonds. The van der Waals surface area contributed by atoms with Crippen molar-refractivity contribution in [2.45, 2.75) is 45.2 Å². The molecule has 2 atom stereocenters. The van der Waals surface area contributed by atoms with Gasteiger partial charge in [0, 0.05) is 31.2 Å². The largest absolute Gasteiger partial charge is 0.507 e. The van der Waals surface area contributed by atoms with Crippen LogP contribution in [0, 0.1) is 24.4 Å². The molecule has 2 aromatic heterocycles. The fraction of sp³-hybridized carbons (Fsp3) is 0.314. The smallest absolute Gasteiger partial charge is 0.281 e. The lowest BCUT2D eigenvalue weighted by Gasteiger charge is -2.56. The molecule has 48 heavy (non-hydrogen) atoms. The van der Waals surface area contributed by atoms with Crippen molar-refractivity contribution >= 4 is 34.1 Å². The maximum atomic E-state index is 17.3. The lowest BCUT2D eigenvalue weighted by Crippen LogP contribution is -2.75. The Bertz CT molecular complexity index is 2100. The average molecular weight is 662 g/mol. The number of hydrogen-bond donors (Lipinski definition) is 2. The van der Waals surface area contributed by atoms with Gasteiger partial charge < -0.3 is 24.9 Å². The molecule has 0 radical (unpaired) electrons. The molecule has 0 aliphatic carbocycles. The van der Waals surface area contributed by atoms with Gasteiger partial charge in [-0.1, -0.05) is 26.5 Å². The minimum absolute atomic E-state index is 0.0466. The van der Waals surface area contributed by atoms with Gasteiger partial charge in [0.05, 0.1) is 46.9 Å². The number of likely N-dealkylation sites (N-methyl/N-ethyl adjacent to an activating group) is 1. The third-order valence-electron chi connectivity index (χ3n) is 9.42. The number of aromatic hydroxyl groups is 1. The molecular formula is C35H34F3N5O5. The van der Waals surface area contributed by atoms with Crippen LogP contribution in [-0.2, 0) is 9.59 Å². The Balaban J connectivity index is 1.84. The van der Waals surface area contributed by atoms with Gasteiger partial charge in [-0.2, -0.15) is 0 Å². The van der Waals surface area contributed by atoms with Crippen molar-refractivity contribution in [1.82, 2.24) is 14.5 Å². The first-order chi connectivity index (χ1) is 22.7. The average Bonchev–Trinajstić information content (AvgIpc) is 3.04. The summed E-state index contributed by atoms with van der Waals surface area (Å²) in [6.07, 6.45) is 2.62. The summed E-state index contributed by atoms with van der Waals surface area (Å²) < 4.78 is 49.9. The number of amides is 2. The number of benzene rings is 2. The maximum absolute atomic E-state index is 17.3. The number of phenolic OH excluding ortho intramolecular Hbond substituents is 1. The molecule has 4 aromatic rings. The highest BCUT2D eigenvalue weighted by atomic mass is 19.1. The van der Waals surface area contributed by atoms with Crippen molar-refractivity contribution in [2.75, 3.05) is 36.5 Å². The fourth-order valence-electron chi connectivity index (χ4n) is 7.09. The number of rotatable bonds is 5. The highest BCUT2D eigenvalue weighted by molar-refractivity contribution is 6.15. The van der Waals surface area contributed by atoms with E-state index in [9.17, 15) is 24.6 Å². The van der Waals surface area contributed by atoms with Gasteiger partial charge in [-0.25, -0.2) is 13.2 Å². The number of phenols is 1. The van der Waals surface area contributed by atoms with Gasteiger partial charge in [-0.05, 0) is 55.7 Å². The predicted octanol–water partition coefficient (Wildman–Crippen LogP) is 4.54. The predicted molar refractivity (Wildman–Crippen MR) is 175 cm³/mol. The number of carbonyl (C=O) groups excluding carboxylic acids is 2. The molecule has 2 aliphatic heterocycles. The van der Waals surface area contributed by atoms with E-state index in [0.29, 0.717) is 11.3 Å². The second-order valence-electron chi connectivity index (χ2n) is 12.6. The number of piperazine rings is 1. The minimum Gasteiger partial charge on any atom is -0.507 e. The van der Waals surface area contributed by atoms with Gasteiger partial charge in [0.2, 0.25) is 5.91 Å². The number of carbonyl (C=O) groups is 2. The van der Waals surface area contributed by atoms with Gasteiger partial charge in [-0.15, -0.1) is 0 Å². The molecule has 6 rings (SSSR count). The zero-order valence-corrected chi connectivity index (χ0v) is 27.0. The molecular weight excluding hydrogens is 627 g/mol. The Kier molecular flexibility index (Phi) is 7.86. The SMILES string of the molecule is C=CC(=O)N1CC2(CO)C(=O)N(C)c3c(c4cc(F)c(-c5c(O)cccc5F)c(F)c4n(-c4c(C)ccnc4C(C)C)c3=O)N2CC1C. The number of pyridine rings is 2. The molecule has 1 saturated heterocycles. The standard InChI is InChI=1S/C35H34F3N5O5/c1-7-24(46)41-15-35(16-44)34(48)40(6)32-31(42(35)14-19(41)5)20-13-22(37)26(25-21(36)9-8-10-23(25)45)27(38)30(20)43(33(32)47)29-18(4)11-12-39-28(29)17(2)3/h7-13,17,19,44-45H,1,14-16H2,2-6H3. The third-order valence-corrected chi connectivity index (χ3v) is 9.42. The van der Waals surface area contributed by atoms with E-state index in [1.54, 1.807) is 19.9 Å². The van der Waals surface area contributed by atoms with E-state index in [1.165, 1.54) is 29.1 Å². The fourth-order valence-corrected chi connectivity index (χ4v) is 7.09. The number of aryl methyl sites for hydroxylation is 1. The summed E-state index contributed by atoms with van der Waals surface area (Å²) in [7, 11) is 1.32. The van der Waals surface area contributed by atoms with E-state index < -0.39 is 75.4 Å². The highest BCUT2D eigenvalue weighted by Crippen LogP contribution is 2.48. The Morgan fingerprint density at radius 1 is 1.12 bits per heavy atom. The number of aliphatic hydroxyl groups is 1. The Morgan fingerprint density at radius 3 is 2.46 bits per heavy atom. The van der Waals surface area contributed by atoms with Crippen LogP contribution in [0.1, 0.15) is 37.9 Å². The van der Waals surface area contributed by atoms with Crippen LogP contribution < -0.4 is 15.4 Å². The zero-order valence-electron chi connectivity index (χ0n) is 27.0. The van der Waals surface area contributed by atoms with Crippen molar-refractivity contribution in [3.63, 3.8) is 0 Å². The molecule has 10 nitrogen and oxygen atoms in total. The lowest BCUT2D eigenvalue weighted by molar-refractivity contribution is -0.135. The molecule has 2 aromatic carbocycles. The summed E-state index contributed by atoms with van der Waals surface area (Å²) in [6, 6.07) is 5.19. The van der Waals surface area contributed by atoms with Crippen LogP contribution in [-0.4, -0.2) is 74.8 Å². The molecule has 1 fully saturated rings. The van der Waals surface area contributed by atoms with Crippen molar-refractivity contribution in [2.24, 2.45) is 0 Å². The summed E-state index contributed by atoms with van der Waals surface area (Å²) in [5.74, 6) is -5.89. The summed E-state index contributed by atoms with van der Waals surface area (Å²) in [6.45, 7) is 9.35. The highest BCUT2D eigenvalue weighted by Gasteiger charge is 2.56. The van der Waals surface area contributed by atoms with Crippen LogP contribution in [0.3, 0.4) is 0 Å². The molecule has 4 heterocycles. The zero-order chi connectivity index (χ0) is 35.0. The summed E-state index contributed by atoms with van der Waals surface area (Å²) in [5, 5.41) is 21.3. The number of aliphatic hydroxyl groups excluding tert-OH is 1. The first-order valence-corrected chi connectivity index (χ1v) is 15.4. The summed E-state index contributed by atoms with van der Waals surface area (Å²) in [5.41, 5.74) is -3.95. The van der Waals surface area contributed by atoms with Gasteiger partial charge in [-0.3, -0.25) is 23.9 Å². The number of fused-ring (bicyclic) bond motifs is 5. The van der Waals surface area contributed by atoms with E-state index in [1.807, 2.05) is 13.8 Å². The van der Waals surface area contributed by atoms with Crippen molar-refractivity contribution in [1.29, 1.82) is 0 Å². The van der Waals surface area contributed by atoms with Crippen LogP contribution in [0.2, 0.25) is 0 Å². The van der Waals surface area contributed by atoms with Crippen LogP contribution >= 0.6 is 0 Å². The Labute approximate surface area is 273 Å². The van der Waals surface area contributed by atoms with Gasteiger partial charge in [0.25, 0.3) is 11.5 Å². The van der Waals surface area contributed by atoms with Gasteiger partial charge >= 0.3 is 0 Å². The van der Waals surface area contributed by atoms with Crippen LogP contribution in [0.15, 0.2) is 54.0 Å². The topological polar surface area (TPSA) is 119 Å². The van der Waals surface area contributed by atoms with E-state index >= 15 is 13.2 Å². The number of hydrogen-bond acceptors (Lipinski definition) is 7. The van der Waals surface area contributed by atoms with Crippen LogP contribution in [0.5, 0.6) is 5.75 Å². The molecule has 250 valence electrons. The molecule has 2 aliphatic rings. The number of anilines is 2. The van der Waals surface area contributed by atoms with Crippen molar-refractivity contribution < 1.29 is 33.0 Å². The third kappa shape index (κ3) is 4.44. The molecule has 0 saturated carbocycles. The number of nitrogens with zero attached hydrogens (tertiary/aromatic N) is 5. The lowest BCUT2D eigenvalue weighted by atomic mass is 9.85. The first-order valence-electron chi connectivity index (χ1n) is 15.4. The van der Waals surface area contributed by atoms with E-state index in [0.717, 1.165) is 33.7 Å². The summed E-state index contributed by atoms with van der Waals surface area (Å²) >= 11 is 0. The van der Waals surface area contributed by atoms with Gasteiger partial charge in [0.1, 0.15) is 23.1 Å². The van der Waals surface area contributed by atoms with Crippen LogP contribution in [0.25, 0.3) is 27.7 Å². The Morgan fingerprint density at radius 2 is 1.83 bits per heavy atom. The van der Waals surface area contributed by atoms with E-state index in [2.05, 4.69) is 11.6 Å². The molecule has 2 N–H and O–H groups in total. The number of halogens is 3. The van der Waals surface area contributed by atoms with E-state index in [-0.39, 0.29) is 41.5 Å². The van der Waals surface area contributed by atoms with E-state index in [4.69, 9.17) is 0 Å². The summed E-state index contributed by atoms with van der Waals surface area (Å²) in [4.78, 5) is 50.3. The minimum atomic E-state index is -1.83. The molecule has 0 spiro atoms. The maximum Gasteiger partial charge on any atom is 0.281 e. The van der Waals surface area contributed by atoms with Crippen LogP contribution in [0.4, 0.5) is 24.5 Å². The van der Waals surface area contributed by atoms with Crippen molar-refractivity contribution in [3.8, 4) is 22.6 Å².